The van der Waals surface area contributed by atoms with Crippen molar-refractivity contribution in [3.05, 3.63) is 77.8 Å². The van der Waals surface area contributed by atoms with Crippen LogP contribution < -0.4 is 4.90 Å². The van der Waals surface area contributed by atoms with Crippen LogP contribution in [-0.4, -0.2) is 4.98 Å². The molecule has 0 saturated carbocycles. The van der Waals surface area contributed by atoms with E-state index in [2.05, 4.69) is 59.3 Å². The monoisotopic (exact) mass is 260 g/mol. The minimum atomic E-state index is 0.482. The summed E-state index contributed by atoms with van der Waals surface area (Å²) in [4.78, 5) is 6.61. The lowest BCUT2D eigenvalue weighted by Crippen LogP contribution is -2.14. The molecule has 0 spiro atoms. The van der Waals surface area contributed by atoms with Crippen molar-refractivity contribution in [2.24, 2.45) is 0 Å². The Morgan fingerprint density at radius 1 is 1.25 bits per heavy atom. The zero-order chi connectivity index (χ0) is 13.5. The van der Waals surface area contributed by atoms with Crippen LogP contribution in [0.25, 0.3) is 0 Å². The molecular formula is C18H16N2. The maximum Gasteiger partial charge on any atom is 0.0642 e. The van der Waals surface area contributed by atoms with Gasteiger partial charge in [0.1, 0.15) is 0 Å². The quantitative estimate of drug-likeness (QED) is 0.752. The summed E-state index contributed by atoms with van der Waals surface area (Å²) in [6.45, 7) is 2.16. The predicted octanol–water partition coefficient (Wildman–Crippen LogP) is 4.47. The third-order valence-corrected chi connectivity index (χ3v) is 4.09. The SMILES string of the molecule is Cc1ccc2c(c1)C1CC=CC=C1N2c1cccnc1. The summed E-state index contributed by atoms with van der Waals surface area (Å²) in [5, 5.41) is 0. The number of benzene rings is 1. The minimum Gasteiger partial charge on any atom is -0.312 e. The molecule has 1 aromatic heterocycles. The zero-order valence-corrected chi connectivity index (χ0v) is 11.5. The lowest BCUT2D eigenvalue weighted by atomic mass is 9.91. The van der Waals surface area contributed by atoms with Gasteiger partial charge in [0, 0.05) is 23.5 Å². The molecule has 2 heterocycles. The van der Waals surface area contributed by atoms with Crippen LogP contribution in [-0.2, 0) is 0 Å². The summed E-state index contributed by atoms with van der Waals surface area (Å²) in [6, 6.07) is 10.9. The molecule has 0 saturated heterocycles. The van der Waals surface area contributed by atoms with Gasteiger partial charge in [-0.1, -0.05) is 29.8 Å². The van der Waals surface area contributed by atoms with Gasteiger partial charge in [-0.3, -0.25) is 4.98 Å². The largest absolute Gasteiger partial charge is 0.312 e. The number of anilines is 2. The smallest absolute Gasteiger partial charge is 0.0642 e. The van der Waals surface area contributed by atoms with Gasteiger partial charge < -0.3 is 4.90 Å². The molecule has 0 bridgehead atoms. The summed E-state index contributed by atoms with van der Waals surface area (Å²) < 4.78 is 0. The van der Waals surface area contributed by atoms with E-state index in [1.165, 1.54) is 22.5 Å². The third kappa shape index (κ3) is 1.61. The van der Waals surface area contributed by atoms with E-state index in [4.69, 9.17) is 0 Å². The lowest BCUT2D eigenvalue weighted by molar-refractivity contribution is 0.818. The number of aryl methyl sites for hydroxylation is 1. The molecule has 2 heteroatoms. The van der Waals surface area contributed by atoms with E-state index in [-0.39, 0.29) is 0 Å². The van der Waals surface area contributed by atoms with Crippen LogP contribution in [0.4, 0.5) is 11.4 Å². The maximum atomic E-state index is 4.27. The second-order valence-corrected chi connectivity index (χ2v) is 5.42. The van der Waals surface area contributed by atoms with Gasteiger partial charge in [-0.25, -0.2) is 0 Å². The summed E-state index contributed by atoms with van der Waals surface area (Å²) in [5.74, 6) is 0.482. The van der Waals surface area contributed by atoms with Crippen LogP contribution in [0.15, 0.2) is 66.7 Å². The predicted molar refractivity (Wildman–Crippen MR) is 82.1 cm³/mol. The first-order valence-electron chi connectivity index (χ1n) is 7.02. The van der Waals surface area contributed by atoms with Gasteiger partial charge in [0.2, 0.25) is 0 Å². The molecule has 20 heavy (non-hydrogen) atoms. The highest BCUT2D eigenvalue weighted by Gasteiger charge is 2.34. The molecule has 1 aliphatic heterocycles. The van der Waals surface area contributed by atoms with E-state index < -0.39 is 0 Å². The summed E-state index contributed by atoms with van der Waals surface area (Å²) in [6.07, 6.45) is 11.5. The summed E-state index contributed by atoms with van der Waals surface area (Å²) in [5.41, 5.74) is 6.56. The number of hydrogen-bond acceptors (Lipinski definition) is 2. The molecule has 0 N–H and O–H groups in total. The van der Waals surface area contributed by atoms with Gasteiger partial charge >= 0.3 is 0 Å². The van der Waals surface area contributed by atoms with Crippen LogP contribution in [0.5, 0.6) is 0 Å². The first-order valence-corrected chi connectivity index (χ1v) is 7.02. The van der Waals surface area contributed by atoms with E-state index in [9.17, 15) is 0 Å². The Hall–Kier alpha value is -2.35. The van der Waals surface area contributed by atoms with Crippen LogP contribution in [0, 0.1) is 6.92 Å². The molecule has 0 radical (unpaired) electrons. The maximum absolute atomic E-state index is 4.27. The second-order valence-electron chi connectivity index (χ2n) is 5.42. The fraction of sp³-hybridized carbons (Fsp3) is 0.167. The highest BCUT2D eigenvalue weighted by Crippen LogP contribution is 2.50. The number of nitrogens with zero attached hydrogens (tertiary/aromatic N) is 2. The average molecular weight is 260 g/mol. The fourth-order valence-electron chi connectivity index (χ4n) is 3.20. The van der Waals surface area contributed by atoms with Crippen molar-refractivity contribution in [3.63, 3.8) is 0 Å². The lowest BCUT2D eigenvalue weighted by Gasteiger charge is -2.24. The van der Waals surface area contributed by atoms with Crippen molar-refractivity contribution >= 4 is 11.4 Å². The number of rotatable bonds is 1. The second kappa shape index (κ2) is 4.34. The fourth-order valence-corrected chi connectivity index (χ4v) is 3.20. The van der Waals surface area contributed by atoms with Crippen LogP contribution in [0.2, 0.25) is 0 Å². The Morgan fingerprint density at radius 3 is 3.05 bits per heavy atom. The zero-order valence-electron chi connectivity index (χ0n) is 11.5. The number of fused-ring (bicyclic) bond motifs is 3. The van der Waals surface area contributed by atoms with Crippen LogP contribution >= 0.6 is 0 Å². The Kier molecular flexibility index (Phi) is 2.49. The standard InChI is InChI=1S/C18H16N2/c1-13-8-9-18-16(11-13)15-6-2-3-7-17(15)20(18)14-5-4-10-19-12-14/h2-5,7-12,15H,6H2,1H3. The Morgan fingerprint density at radius 2 is 2.20 bits per heavy atom. The van der Waals surface area contributed by atoms with E-state index in [1.807, 2.05) is 18.5 Å². The van der Waals surface area contributed by atoms with Crippen molar-refractivity contribution in [2.45, 2.75) is 19.3 Å². The summed E-state index contributed by atoms with van der Waals surface area (Å²) in [7, 11) is 0. The number of pyridine rings is 1. The third-order valence-electron chi connectivity index (χ3n) is 4.09. The molecule has 1 aromatic carbocycles. The Bertz CT molecular complexity index is 713. The van der Waals surface area contributed by atoms with E-state index >= 15 is 0 Å². The van der Waals surface area contributed by atoms with Gasteiger partial charge in [-0.05, 0) is 43.2 Å². The topological polar surface area (TPSA) is 16.1 Å². The highest BCUT2D eigenvalue weighted by molar-refractivity contribution is 5.78. The molecule has 4 rings (SSSR count). The Balaban J connectivity index is 1.94. The van der Waals surface area contributed by atoms with Crippen molar-refractivity contribution < 1.29 is 0 Å². The highest BCUT2D eigenvalue weighted by atomic mass is 15.2. The van der Waals surface area contributed by atoms with Gasteiger partial charge in [0.15, 0.2) is 0 Å². The van der Waals surface area contributed by atoms with E-state index in [1.54, 1.807) is 0 Å². The number of aromatic nitrogens is 1. The van der Waals surface area contributed by atoms with Gasteiger partial charge in [0.05, 0.1) is 11.9 Å². The average Bonchev–Trinajstić information content (AvgIpc) is 2.82. The molecule has 2 nitrogen and oxygen atoms in total. The van der Waals surface area contributed by atoms with Crippen LogP contribution in [0.1, 0.15) is 23.5 Å². The molecule has 2 aromatic rings. The molecule has 1 aliphatic carbocycles. The molecular weight excluding hydrogens is 244 g/mol. The first kappa shape index (κ1) is 11.5. The van der Waals surface area contributed by atoms with Crippen molar-refractivity contribution in [1.29, 1.82) is 0 Å². The molecule has 0 fully saturated rings. The van der Waals surface area contributed by atoms with Crippen molar-refractivity contribution in [3.8, 4) is 0 Å². The molecule has 1 atom stereocenters. The van der Waals surface area contributed by atoms with Crippen LogP contribution in [0.3, 0.4) is 0 Å². The Labute approximate surface area is 119 Å². The van der Waals surface area contributed by atoms with Gasteiger partial charge in [-0.15, -0.1) is 0 Å². The van der Waals surface area contributed by atoms with E-state index in [0.29, 0.717) is 5.92 Å². The molecule has 2 aliphatic rings. The first-order chi connectivity index (χ1) is 9.84. The van der Waals surface area contributed by atoms with Crippen molar-refractivity contribution in [1.82, 2.24) is 4.98 Å². The molecule has 1 unspecified atom stereocenters. The molecule has 0 amide bonds. The summed E-state index contributed by atoms with van der Waals surface area (Å²) >= 11 is 0. The van der Waals surface area contributed by atoms with Crippen molar-refractivity contribution in [2.75, 3.05) is 4.90 Å². The molecule has 98 valence electrons. The van der Waals surface area contributed by atoms with Gasteiger partial charge in [-0.2, -0.15) is 0 Å². The normalized spacial score (nSPS) is 19.6. The van der Waals surface area contributed by atoms with Gasteiger partial charge in [0.25, 0.3) is 0 Å². The minimum absolute atomic E-state index is 0.482. The number of allylic oxidation sites excluding steroid dienone is 4. The number of hydrogen-bond donors (Lipinski definition) is 0. The van der Waals surface area contributed by atoms with E-state index in [0.717, 1.165) is 12.1 Å².